The highest BCUT2D eigenvalue weighted by molar-refractivity contribution is 5.26. The lowest BCUT2D eigenvalue weighted by Crippen LogP contribution is -2.36. The van der Waals surface area contributed by atoms with Crippen LogP contribution in [-0.4, -0.2) is 12.6 Å². The van der Waals surface area contributed by atoms with E-state index < -0.39 is 0 Å². The Morgan fingerprint density at radius 3 is 2.80 bits per heavy atom. The summed E-state index contributed by atoms with van der Waals surface area (Å²) in [6, 6.07) is 5.79. The Balaban J connectivity index is 1.81. The third-order valence-corrected chi connectivity index (χ3v) is 3.24. The van der Waals surface area contributed by atoms with Crippen LogP contribution in [0.15, 0.2) is 18.2 Å². The number of benzene rings is 1. The molecule has 0 radical (unpaired) electrons. The van der Waals surface area contributed by atoms with E-state index in [1.165, 1.54) is 24.8 Å². The third kappa shape index (κ3) is 2.78. The molecule has 0 saturated heterocycles. The van der Waals surface area contributed by atoms with Gasteiger partial charge in [0.05, 0.1) is 0 Å². The van der Waals surface area contributed by atoms with Crippen LogP contribution in [0.4, 0.5) is 4.39 Å². The van der Waals surface area contributed by atoms with Crippen LogP contribution in [0.2, 0.25) is 0 Å². The van der Waals surface area contributed by atoms with Crippen LogP contribution in [0, 0.1) is 12.7 Å². The topological polar surface area (TPSA) is 12.0 Å². The van der Waals surface area contributed by atoms with Gasteiger partial charge in [0, 0.05) is 6.04 Å². The first-order valence-corrected chi connectivity index (χ1v) is 5.74. The highest BCUT2D eigenvalue weighted by Crippen LogP contribution is 2.18. The van der Waals surface area contributed by atoms with Crippen LogP contribution in [0.5, 0.6) is 0 Å². The molecular weight excluding hydrogens is 189 g/mol. The molecule has 0 amide bonds. The van der Waals surface area contributed by atoms with Gasteiger partial charge in [0.2, 0.25) is 0 Å². The van der Waals surface area contributed by atoms with E-state index >= 15 is 0 Å². The van der Waals surface area contributed by atoms with Gasteiger partial charge >= 0.3 is 0 Å². The molecule has 1 aliphatic carbocycles. The number of halogens is 1. The third-order valence-electron chi connectivity index (χ3n) is 3.24. The Labute approximate surface area is 90.7 Å². The molecule has 1 aromatic carbocycles. The van der Waals surface area contributed by atoms with Crippen molar-refractivity contribution in [2.24, 2.45) is 0 Å². The van der Waals surface area contributed by atoms with Gasteiger partial charge in [-0.3, -0.25) is 0 Å². The second-order valence-corrected chi connectivity index (χ2v) is 4.40. The first-order valence-electron chi connectivity index (χ1n) is 5.74. The minimum atomic E-state index is -0.136. The largest absolute Gasteiger partial charge is 0.314 e. The van der Waals surface area contributed by atoms with Crippen molar-refractivity contribution in [3.05, 3.63) is 35.1 Å². The molecule has 2 heteroatoms. The Bertz CT molecular complexity index is 331. The van der Waals surface area contributed by atoms with Crippen molar-refractivity contribution in [1.29, 1.82) is 0 Å². The van der Waals surface area contributed by atoms with Crippen molar-refractivity contribution in [1.82, 2.24) is 5.32 Å². The number of nitrogens with one attached hydrogen (secondary N) is 1. The molecule has 1 fully saturated rings. The second kappa shape index (κ2) is 4.75. The molecule has 0 aromatic heterocycles. The maximum Gasteiger partial charge on any atom is 0.123 e. The van der Waals surface area contributed by atoms with E-state index in [9.17, 15) is 4.39 Å². The molecule has 0 atom stereocenters. The van der Waals surface area contributed by atoms with Gasteiger partial charge in [-0.15, -0.1) is 0 Å². The summed E-state index contributed by atoms with van der Waals surface area (Å²) >= 11 is 0. The Morgan fingerprint density at radius 1 is 1.40 bits per heavy atom. The Kier molecular flexibility index (Phi) is 3.37. The molecular formula is C13H18FN. The Morgan fingerprint density at radius 2 is 2.20 bits per heavy atom. The maximum atomic E-state index is 12.8. The molecule has 1 saturated carbocycles. The van der Waals surface area contributed by atoms with Crippen LogP contribution in [-0.2, 0) is 6.42 Å². The van der Waals surface area contributed by atoms with Crippen LogP contribution < -0.4 is 5.32 Å². The lowest BCUT2D eigenvalue weighted by molar-refractivity contribution is 0.342. The highest BCUT2D eigenvalue weighted by atomic mass is 19.1. The normalized spacial score (nSPS) is 16.4. The van der Waals surface area contributed by atoms with Gasteiger partial charge in [-0.2, -0.15) is 0 Å². The Hall–Kier alpha value is -0.890. The average molecular weight is 207 g/mol. The molecule has 1 aromatic rings. The molecule has 2 rings (SSSR count). The van der Waals surface area contributed by atoms with Gasteiger partial charge in [0.25, 0.3) is 0 Å². The molecule has 0 heterocycles. The molecule has 0 unspecified atom stereocenters. The van der Waals surface area contributed by atoms with Gasteiger partial charge in [-0.1, -0.05) is 12.5 Å². The molecule has 1 aliphatic rings. The van der Waals surface area contributed by atoms with E-state index in [2.05, 4.69) is 5.32 Å². The lowest BCUT2D eigenvalue weighted by atomic mass is 9.93. The quantitative estimate of drug-likeness (QED) is 0.800. The summed E-state index contributed by atoms with van der Waals surface area (Å²) in [6.45, 7) is 2.99. The van der Waals surface area contributed by atoms with E-state index in [0.717, 1.165) is 24.6 Å². The summed E-state index contributed by atoms with van der Waals surface area (Å²) in [5, 5.41) is 3.52. The van der Waals surface area contributed by atoms with Gasteiger partial charge < -0.3 is 5.32 Å². The van der Waals surface area contributed by atoms with Crippen LogP contribution in [0.3, 0.4) is 0 Å². The first kappa shape index (κ1) is 10.6. The molecule has 0 aliphatic heterocycles. The average Bonchev–Trinajstić information content (AvgIpc) is 2.12. The predicted octanol–water partition coefficient (Wildman–Crippen LogP) is 2.82. The van der Waals surface area contributed by atoms with Gasteiger partial charge in [-0.05, 0) is 56.0 Å². The van der Waals surface area contributed by atoms with E-state index in [1.54, 1.807) is 12.1 Å². The van der Waals surface area contributed by atoms with E-state index in [0.29, 0.717) is 0 Å². The molecule has 82 valence electrons. The molecule has 0 bridgehead atoms. The number of aryl methyl sites for hydroxylation is 1. The van der Waals surface area contributed by atoms with Crippen molar-refractivity contribution in [2.45, 2.75) is 38.6 Å². The van der Waals surface area contributed by atoms with Gasteiger partial charge in [-0.25, -0.2) is 4.39 Å². The summed E-state index contributed by atoms with van der Waals surface area (Å²) in [5.74, 6) is -0.136. The monoisotopic (exact) mass is 207 g/mol. The molecule has 15 heavy (non-hydrogen) atoms. The van der Waals surface area contributed by atoms with Gasteiger partial charge in [0.1, 0.15) is 5.82 Å². The van der Waals surface area contributed by atoms with E-state index in [4.69, 9.17) is 0 Å². The summed E-state index contributed by atoms with van der Waals surface area (Å²) in [6.07, 6.45) is 5.01. The summed E-state index contributed by atoms with van der Waals surface area (Å²) in [7, 11) is 0. The van der Waals surface area contributed by atoms with Crippen molar-refractivity contribution in [2.75, 3.05) is 6.54 Å². The molecule has 1 N–H and O–H groups in total. The van der Waals surface area contributed by atoms with E-state index in [-0.39, 0.29) is 5.82 Å². The van der Waals surface area contributed by atoms with Crippen LogP contribution in [0.1, 0.15) is 30.4 Å². The standard InChI is InChI=1S/C13H18FN/c1-10-9-12(14)6-5-11(10)7-8-15-13-3-2-4-13/h5-6,9,13,15H,2-4,7-8H2,1H3. The maximum absolute atomic E-state index is 12.8. The summed E-state index contributed by atoms with van der Waals surface area (Å²) in [4.78, 5) is 0. The smallest absolute Gasteiger partial charge is 0.123 e. The van der Waals surface area contributed by atoms with Crippen LogP contribution >= 0.6 is 0 Å². The zero-order chi connectivity index (χ0) is 10.7. The van der Waals surface area contributed by atoms with Crippen molar-refractivity contribution >= 4 is 0 Å². The summed E-state index contributed by atoms with van der Waals surface area (Å²) < 4.78 is 12.8. The fourth-order valence-electron chi connectivity index (χ4n) is 1.96. The van der Waals surface area contributed by atoms with Crippen LogP contribution in [0.25, 0.3) is 0 Å². The predicted molar refractivity (Wildman–Crippen MR) is 60.5 cm³/mol. The van der Waals surface area contributed by atoms with Gasteiger partial charge in [0.15, 0.2) is 0 Å². The number of hydrogen-bond acceptors (Lipinski definition) is 1. The summed E-state index contributed by atoms with van der Waals surface area (Å²) in [5.41, 5.74) is 2.31. The van der Waals surface area contributed by atoms with Crippen molar-refractivity contribution in [3.8, 4) is 0 Å². The second-order valence-electron chi connectivity index (χ2n) is 4.40. The SMILES string of the molecule is Cc1cc(F)ccc1CCNC1CCC1. The fourth-order valence-corrected chi connectivity index (χ4v) is 1.96. The number of rotatable bonds is 4. The lowest BCUT2D eigenvalue weighted by Gasteiger charge is -2.26. The first-order chi connectivity index (χ1) is 7.25. The van der Waals surface area contributed by atoms with E-state index in [1.807, 2.05) is 13.0 Å². The zero-order valence-corrected chi connectivity index (χ0v) is 9.22. The highest BCUT2D eigenvalue weighted by Gasteiger charge is 2.15. The van der Waals surface area contributed by atoms with Crippen molar-refractivity contribution in [3.63, 3.8) is 0 Å². The minimum absolute atomic E-state index is 0.136. The molecule has 1 nitrogen and oxygen atoms in total. The fraction of sp³-hybridized carbons (Fsp3) is 0.538. The minimum Gasteiger partial charge on any atom is -0.314 e. The van der Waals surface area contributed by atoms with Crippen molar-refractivity contribution < 1.29 is 4.39 Å². The molecule has 0 spiro atoms. The number of hydrogen-bond donors (Lipinski definition) is 1. The zero-order valence-electron chi connectivity index (χ0n) is 9.22.